The Kier molecular flexibility index (Phi) is 4.72. The molecule has 1 aliphatic rings. The molecule has 1 aliphatic carbocycles. The number of aliphatic hydroxyl groups is 1. The number of aromatic nitrogens is 1. The van der Waals surface area contributed by atoms with Crippen LogP contribution in [0.15, 0.2) is 22.9 Å². The topological polar surface area (TPSA) is 53.4 Å². The van der Waals surface area contributed by atoms with Gasteiger partial charge in [0.25, 0.3) is 5.91 Å². The third kappa shape index (κ3) is 2.90. The average Bonchev–Trinajstić information content (AvgIpc) is 2.89. The van der Waals surface area contributed by atoms with E-state index in [4.69, 9.17) is 5.11 Å². The van der Waals surface area contributed by atoms with Gasteiger partial charge in [-0.3, -0.25) is 4.79 Å². The van der Waals surface area contributed by atoms with Gasteiger partial charge in [0, 0.05) is 18.8 Å². The maximum atomic E-state index is 12.5. The zero-order valence-corrected chi connectivity index (χ0v) is 11.8. The van der Waals surface area contributed by atoms with Crippen molar-refractivity contribution in [2.24, 2.45) is 0 Å². The summed E-state index contributed by atoms with van der Waals surface area (Å²) >= 11 is 3.30. The summed E-state index contributed by atoms with van der Waals surface area (Å²) in [6.45, 7) is 0.394. The molecule has 0 aromatic carbocycles. The highest BCUT2D eigenvalue weighted by molar-refractivity contribution is 9.10. The normalized spacial score (nSPS) is 15.9. The molecule has 2 rings (SSSR count). The summed E-state index contributed by atoms with van der Waals surface area (Å²) < 4.78 is 0.566. The van der Waals surface area contributed by atoms with Crippen LogP contribution in [0.5, 0.6) is 0 Å². The second-order valence-corrected chi connectivity index (χ2v) is 5.25. The lowest BCUT2D eigenvalue weighted by Gasteiger charge is -2.28. The smallest absolute Gasteiger partial charge is 0.256 e. The van der Waals surface area contributed by atoms with E-state index in [-0.39, 0.29) is 18.6 Å². The standard InChI is InChI=1S/C13H17BrN2O2/c14-12-11(6-3-7-15-12)13(18)16(8-9-17)10-4-1-2-5-10/h3,6-7,10,17H,1-2,4-5,8-9H2. The lowest BCUT2D eigenvalue weighted by atomic mass is 10.1. The highest BCUT2D eigenvalue weighted by Gasteiger charge is 2.28. The van der Waals surface area contributed by atoms with Gasteiger partial charge in [-0.25, -0.2) is 4.98 Å². The molecule has 5 heteroatoms. The Balaban J connectivity index is 2.20. The number of hydrogen-bond acceptors (Lipinski definition) is 3. The molecule has 1 aromatic heterocycles. The Morgan fingerprint density at radius 1 is 1.50 bits per heavy atom. The average molecular weight is 313 g/mol. The Labute approximate surface area is 115 Å². The fourth-order valence-corrected chi connectivity index (χ4v) is 2.89. The van der Waals surface area contributed by atoms with Crippen molar-refractivity contribution in [1.82, 2.24) is 9.88 Å². The largest absolute Gasteiger partial charge is 0.395 e. The molecule has 0 saturated heterocycles. The lowest BCUT2D eigenvalue weighted by molar-refractivity contribution is 0.0636. The molecule has 4 nitrogen and oxygen atoms in total. The quantitative estimate of drug-likeness (QED) is 0.867. The summed E-state index contributed by atoms with van der Waals surface area (Å²) in [5.74, 6) is -0.0454. The van der Waals surface area contributed by atoms with Gasteiger partial charge >= 0.3 is 0 Å². The maximum absolute atomic E-state index is 12.5. The minimum atomic E-state index is -0.0454. The molecule has 1 heterocycles. The van der Waals surface area contributed by atoms with E-state index in [0.717, 1.165) is 25.7 Å². The van der Waals surface area contributed by atoms with E-state index >= 15 is 0 Å². The SMILES string of the molecule is O=C(c1cccnc1Br)N(CCO)C1CCCC1. The van der Waals surface area contributed by atoms with Crippen LogP contribution in [-0.2, 0) is 0 Å². The van der Waals surface area contributed by atoms with Crippen LogP contribution >= 0.6 is 15.9 Å². The number of hydrogen-bond donors (Lipinski definition) is 1. The second-order valence-electron chi connectivity index (χ2n) is 4.50. The predicted octanol–water partition coefficient (Wildman–Crippen LogP) is 2.22. The minimum absolute atomic E-state index is 0.000120. The van der Waals surface area contributed by atoms with Gasteiger partial charge in [-0.2, -0.15) is 0 Å². The molecule has 0 atom stereocenters. The van der Waals surface area contributed by atoms with Crippen LogP contribution in [0.4, 0.5) is 0 Å². The van der Waals surface area contributed by atoms with Crippen LogP contribution in [0, 0.1) is 0 Å². The van der Waals surface area contributed by atoms with Crippen molar-refractivity contribution in [1.29, 1.82) is 0 Å². The fraction of sp³-hybridized carbons (Fsp3) is 0.538. The number of nitrogens with zero attached hydrogens (tertiary/aromatic N) is 2. The first-order chi connectivity index (χ1) is 8.74. The molecule has 0 spiro atoms. The first kappa shape index (κ1) is 13.5. The summed E-state index contributed by atoms with van der Waals surface area (Å²) in [5, 5.41) is 9.14. The number of amides is 1. The van der Waals surface area contributed by atoms with Crippen molar-refractivity contribution in [3.8, 4) is 0 Å². The van der Waals surface area contributed by atoms with E-state index in [1.165, 1.54) is 0 Å². The van der Waals surface area contributed by atoms with Gasteiger partial charge in [0.05, 0.1) is 12.2 Å². The third-order valence-electron chi connectivity index (χ3n) is 3.36. The number of carbonyl (C=O) groups is 1. The van der Waals surface area contributed by atoms with E-state index in [2.05, 4.69) is 20.9 Å². The molecule has 0 unspecified atom stereocenters. The Hall–Kier alpha value is -0.940. The van der Waals surface area contributed by atoms with E-state index in [9.17, 15) is 4.79 Å². The Morgan fingerprint density at radius 2 is 2.22 bits per heavy atom. The second kappa shape index (κ2) is 6.29. The van der Waals surface area contributed by atoms with E-state index in [1.807, 2.05) is 0 Å². The van der Waals surface area contributed by atoms with Crippen molar-refractivity contribution in [2.75, 3.05) is 13.2 Å². The molecule has 98 valence electrons. The van der Waals surface area contributed by atoms with Gasteiger partial charge < -0.3 is 10.0 Å². The Bertz CT molecular complexity index is 419. The third-order valence-corrected chi connectivity index (χ3v) is 3.99. The highest BCUT2D eigenvalue weighted by Crippen LogP contribution is 2.26. The summed E-state index contributed by atoms with van der Waals surface area (Å²) in [7, 11) is 0. The van der Waals surface area contributed by atoms with E-state index in [1.54, 1.807) is 23.2 Å². The van der Waals surface area contributed by atoms with Crippen LogP contribution in [0.2, 0.25) is 0 Å². The number of aliphatic hydroxyl groups excluding tert-OH is 1. The highest BCUT2D eigenvalue weighted by atomic mass is 79.9. The van der Waals surface area contributed by atoms with Crippen LogP contribution in [0.1, 0.15) is 36.0 Å². The van der Waals surface area contributed by atoms with E-state index < -0.39 is 0 Å². The molecule has 0 bridgehead atoms. The monoisotopic (exact) mass is 312 g/mol. The lowest BCUT2D eigenvalue weighted by Crippen LogP contribution is -2.40. The van der Waals surface area contributed by atoms with Gasteiger partial charge in [0.1, 0.15) is 4.60 Å². The van der Waals surface area contributed by atoms with Crippen LogP contribution in [0.25, 0.3) is 0 Å². The number of pyridine rings is 1. The summed E-state index contributed by atoms with van der Waals surface area (Å²) in [6.07, 6.45) is 6.03. The van der Waals surface area contributed by atoms with Gasteiger partial charge in [-0.15, -0.1) is 0 Å². The molecule has 1 saturated carbocycles. The summed E-state index contributed by atoms with van der Waals surface area (Å²) in [6, 6.07) is 3.78. The molecule has 0 radical (unpaired) electrons. The van der Waals surface area contributed by atoms with Gasteiger partial charge in [-0.05, 0) is 40.9 Å². The summed E-state index contributed by atoms with van der Waals surface area (Å²) in [4.78, 5) is 18.3. The van der Waals surface area contributed by atoms with E-state index in [0.29, 0.717) is 16.7 Å². The van der Waals surface area contributed by atoms with Gasteiger partial charge in [0.15, 0.2) is 0 Å². The molecule has 1 N–H and O–H groups in total. The fourth-order valence-electron chi connectivity index (χ4n) is 2.47. The molecular formula is C13H17BrN2O2. The van der Waals surface area contributed by atoms with Crippen LogP contribution in [-0.4, -0.2) is 40.1 Å². The van der Waals surface area contributed by atoms with Gasteiger partial charge in [0.2, 0.25) is 0 Å². The first-order valence-corrected chi connectivity index (χ1v) is 7.05. The zero-order valence-electron chi connectivity index (χ0n) is 10.2. The molecule has 0 aliphatic heterocycles. The minimum Gasteiger partial charge on any atom is -0.395 e. The maximum Gasteiger partial charge on any atom is 0.256 e. The van der Waals surface area contributed by atoms with Crippen molar-refractivity contribution in [2.45, 2.75) is 31.7 Å². The Morgan fingerprint density at radius 3 is 2.83 bits per heavy atom. The van der Waals surface area contributed by atoms with Crippen molar-refractivity contribution < 1.29 is 9.90 Å². The summed E-state index contributed by atoms with van der Waals surface area (Å²) in [5.41, 5.74) is 0.567. The number of rotatable bonds is 4. The first-order valence-electron chi connectivity index (χ1n) is 6.26. The van der Waals surface area contributed by atoms with Crippen LogP contribution in [0.3, 0.4) is 0 Å². The predicted molar refractivity (Wildman–Crippen MR) is 72.3 cm³/mol. The molecule has 1 amide bonds. The molecule has 18 heavy (non-hydrogen) atoms. The number of carbonyl (C=O) groups excluding carboxylic acids is 1. The molecule has 1 aromatic rings. The van der Waals surface area contributed by atoms with Crippen molar-refractivity contribution in [3.63, 3.8) is 0 Å². The molecule has 1 fully saturated rings. The zero-order chi connectivity index (χ0) is 13.0. The van der Waals surface area contributed by atoms with Crippen LogP contribution < -0.4 is 0 Å². The van der Waals surface area contributed by atoms with Crippen molar-refractivity contribution in [3.05, 3.63) is 28.5 Å². The molecular weight excluding hydrogens is 296 g/mol. The van der Waals surface area contributed by atoms with Gasteiger partial charge in [-0.1, -0.05) is 12.8 Å². The van der Waals surface area contributed by atoms with Crippen molar-refractivity contribution >= 4 is 21.8 Å². The number of halogens is 1.